The maximum atomic E-state index is 5.81. The van der Waals surface area contributed by atoms with E-state index in [1.807, 2.05) is 31.2 Å². The summed E-state index contributed by atoms with van der Waals surface area (Å²) in [7, 11) is 0. The molecular weight excluding hydrogens is 212 g/mol. The van der Waals surface area contributed by atoms with Crippen LogP contribution < -0.4 is 5.73 Å². The molecule has 0 saturated carbocycles. The highest BCUT2D eigenvalue weighted by molar-refractivity contribution is 6.30. The number of aliphatic imine (C=N–C) groups is 1. The summed E-state index contributed by atoms with van der Waals surface area (Å²) in [5.74, 6) is 0. The number of hydrogen-bond donors (Lipinski definition) is 1. The van der Waals surface area contributed by atoms with Crippen molar-refractivity contribution in [1.82, 2.24) is 0 Å². The Balaban J connectivity index is 2.12. The van der Waals surface area contributed by atoms with Crippen LogP contribution in [0.15, 0.2) is 29.3 Å². The van der Waals surface area contributed by atoms with Gasteiger partial charge >= 0.3 is 0 Å². The number of nitrogens with two attached hydrogens (primary N) is 1. The summed E-state index contributed by atoms with van der Waals surface area (Å²) in [6.45, 7) is 2.57. The molecule has 2 rings (SSSR count). The van der Waals surface area contributed by atoms with E-state index in [0.29, 0.717) is 6.61 Å². The number of ether oxygens (including phenoxy) is 1. The smallest absolute Gasteiger partial charge is 0.282 e. The lowest BCUT2D eigenvalue weighted by atomic mass is 9.95. The molecule has 0 aromatic heterocycles. The summed E-state index contributed by atoms with van der Waals surface area (Å²) < 4.78 is 5.17. The van der Waals surface area contributed by atoms with Crippen LogP contribution in [0.2, 0.25) is 5.02 Å². The maximum Gasteiger partial charge on any atom is 0.282 e. The molecule has 2 N–H and O–H groups in total. The van der Waals surface area contributed by atoms with E-state index >= 15 is 0 Å². The monoisotopic (exact) mass is 224 g/mol. The fourth-order valence-corrected chi connectivity index (χ4v) is 1.82. The van der Waals surface area contributed by atoms with E-state index in [0.717, 1.165) is 11.4 Å². The SMILES string of the molecule is CC1(Cc2ccc(Cl)cc2)COC(N)=N1. The van der Waals surface area contributed by atoms with Crippen molar-refractivity contribution in [3.05, 3.63) is 34.9 Å². The fourth-order valence-electron chi connectivity index (χ4n) is 1.69. The second-order valence-electron chi connectivity index (χ2n) is 4.04. The predicted molar refractivity (Wildman–Crippen MR) is 61.1 cm³/mol. The van der Waals surface area contributed by atoms with Gasteiger partial charge in [-0.05, 0) is 24.6 Å². The van der Waals surface area contributed by atoms with Crippen molar-refractivity contribution >= 4 is 17.6 Å². The topological polar surface area (TPSA) is 47.6 Å². The van der Waals surface area contributed by atoms with E-state index in [-0.39, 0.29) is 11.6 Å². The Morgan fingerprint density at radius 1 is 1.47 bits per heavy atom. The van der Waals surface area contributed by atoms with Gasteiger partial charge in [-0.25, -0.2) is 4.99 Å². The Morgan fingerprint density at radius 3 is 2.67 bits per heavy atom. The van der Waals surface area contributed by atoms with E-state index in [1.165, 1.54) is 5.56 Å². The van der Waals surface area contributed by atoms with Gasteiger partial charge in [0.2, 0.25) is 0 Å². The van der Waals surface area contributed by atoms with E-state index in [2.05, 4.69) is 4.99 Å². The molecule has 0 amide bonds. The minimum absolute atomic E-state index is 0.238. The summed E-state index contributed by atoms with van der Waals surface area (Å²) in [5, 5.41) is 0.745. The van der Waals surface area contributed by atoms with Gasteiger partial charge in [-0.2, -0.15) is 0 Å². The maximum absolute atomic E-state index is 5.81. The molecular formula is C11H13ClN2O. The summed E-state index contributed by atoms with van der Waals surface area (Å²) in [6, 6.07) is 8.04. The molecule has 0 radical (unpaired) electrons. The van der Waals surface area contributed by atoms with Crippen molar-refractivity contribution < 1.29 is 4.74 Å². The molecule has 4 heteroatoms. The van der Waals surface area contributed by atoms with E-state index in [9.17, 15) is 0 Å². The predicted octanol–water partition coefficient (Wildman–Crippen LogP) is 1.99. The number of benzene rings is 1. The van der Waals surface area contributed by atoms with Crippen LogP contribution in [-0.4, -0.2) is 18.2 Å². The number of rotatable bonds is 2. The molecule has 0 fully saturated rings. The Labute approximate surface area is 93.9 Å². The van der Waals surface area contributed by atoms with Gasteiger partial charge in [-0.15, -0.1) is 0 Å². The molecule has 1 aliphatic rings. The molecule has 80 valence electrons. The summed E-state index contributed by atoms with van der Waals surface area (Å²) >= 11 is 5.81. The average Bonchev–Trinajstić information content (AvgIpc) is 2.50. The van der Waals surface area contributed by atoms with Gasteiger partial charge in [0, 0.05) is 11.4 Å². The van der Waals surface area contributed by atoms with Gasteiger partial charge < -0.3 is 10.5 Å². The molecule has 1 heterocycles. The molecule has 0 aliphatic carbocycles. The van der Waals surface area contributed by atoms with E-state index in [4.69, 9.17) is 22.1 Å². The third-order valence-electron chi connectivity index (χ3n) is 2.41. The highest BCUT2D eigenvalue weighted by Gasteiger charge is 2.30. The second kappa shape index (κ2) is 3.74. The first-order valence-corrected chi connectivity index (χ1v) is 5.18. The number of amidine groups is 1. The summed E-state index contributed by atoms with van der Waals surface area (Å²) in [5.41, 5.74) is 6.44. The lowest BCUT2D eigenvalue weighted by Gasteiger charge is -2.17. The van der Waals surface area contributed by atoms with Crippen molar-refractivity contribution in [2.45, 2.75) is 18.9 Å². The van der Waals surface area contributed by atoms with Crippen LogP contribution in [0.4, 0.5) is 0 Å². The van der Waals surface area contributed by atoms with Crippen molar-refractivity contribution in [1.29, 1.82) is 0 Å². The first-order valence-electron chi connectivity index (χ1n) is 4.80. The van der Waals surface area contributed by atoms with Gasteiger partial charge in [-0.3, -0.25) is 0 Å². The highest BCUT2D eigenvalue weighted by atomic mass is 35.5. The minimum atomic E-state index is -0.238. The fraction of sp³-hybridized carbons (Fsp3) is 0.364. The van der Waals surface area contributed by atoms with Gasteiger partial charge in [0.1, 0.15) is 12.1 Å². The molecule has 0 saturated heterocycles. The molecule has 0 spiro atoms. The van der Waals surface area contributed by atoms with Crippen LogP contribution in [0, 0.1) is 0 Å². The zero-order valence-electron chi connectivity index (χ0n) is 8.53. The van der Waals surface area contributed by atoms with Crippen molar-refractivity contribution in [3.8, 4) is 0 Å². The normalized spacial score (nSPS) is 24.8. The van der Waals surface area contributed by atoms with Crippen LogP contribution in [0.3, 0.4) is 0 Å². The third-order valence-corrected chi connectivity index (χ3v) is 2.66. The third kappa shape index (κ3) is 2.42. The number of halogens is 1. The highest BCUT2D eigenvalue weighted by Crippen LogP contribution is 2.23. The molecule has 1 atom stereocenters. The molecule has 1 aromatic rings. The van der Waals surface area contributed by atoms with Crippen LogP contribution in [-0.2, 0) is 11.2 Å². The number of nitrogens with zero attached hydrogens (tertiary/aromatic N) is 1. The Hall–Kier alpha value is -1.22. The first kappa shape index (κ1) is 10.3. The molecule has 15 heavy (non-hydrogen) atoms. The molecule has 0 bridgehead atoms. The first-order chi connectivity index (χ1) is 7.07. The zero-order chi connectivity index (χ0) is 10.9. The number of hydrogen-bond acceptors (Lipinski definition) is 3. The van der Waals surface area contributed by atoms with Gasteiger partial charge in [0.05, 0.1) is 0 Å². The molecule has 3 nitrogen and oxygen atoms in total. The summed E-state index contributed by atoms with van der Waals surface area (Å²) in [4.78, 5) is 4.28. The molecule has 1 unspecified atom stereocenters. The van der Waals surface area contributed by atoms with Gasteiger partial charge in [-0.1, -0.05) is 23.7 Å². The lowest BCUT2D eigenvalue weighted by molar-refractivity contribution is 0.263. The Bertz CT molecular complexity index is 388. The van der Waals surface area contributed by atoms with Crippen LogP contribution >= 0.6 is 11.6 Å². The van der Waals surface area contributed by atoms with Crippen molar-refractivity contribution in [2.75, 3.05) is 6.61 Å². The van der Waals surface area contributed by atoms with Crippen LogP contribution in [0.25, 0.3) is 0 Å². The van der Waals surface area contributed by atoms with Gasteiger partial charge in [0.25, 0.3) is 6.02 Å². The van der Waals surface area contributed by atoms with Crippen LogP contribution in [0.5, 0.6) is 0 Å². The second-order valence-corrected chi connectivity index (χ2v) is 4.48. The molecule has 1 aliphatic heterocycles. The largest absolute Gasteiger partial charge is 0.463 e. The average molecular weight is 225 g/mol. The standard InChI is InChI=1S/C11H13ClN2O/c1-11(7-15-10(13)14-11)6-8-2-4-9(12)5-3-8/h2-5H,6-7H2,1H3,(H2,13,14). The van der Waals surface area contributed by atoms with Crippen LogP contribution in [0.1, 0.15) is 12.5 Å². The van der Waals surface area contributed by atoms with E-state index < -0.39 is 0 Å². The van der Waals surface area contributed by atoms with Gasteiger partial charge in [0.15, 0.2) is 0 Å². The Morgan fingerprint density at radius 2 is 2.13 bits per heavy atom. The lowest BCUT2D eigenvalue weighted by Crippen LogP contribution is -2.26. The zero-order valence-corrected chi connectivity index (χ0v) is 9.29. The van der Waals surface area contributed by atoms with Crippen molar-refractivity contribution in [3.63, 3.8) is 0 Å². The van der Waals surface area contributed by atoms with E-state index in [1.54, 1.807) is 0 Å². The van der Waals surface area contributed by atoms with Crippen molar-refractivity contribution in [2.24, 2.45) is 10.7 Å². The summed E-state index contributed by atoms with van der Waals surface area (Å²) in [6.07, 6.45) is 0.810. The quantitative estimate of drug-likeness (QED) is 0.835. The molecule has 1 aromatic carbocycles. The Kier molecular flexibility index (Phi) is 2.57. The minimum Gasteiger partial charge on any atom is -0.463 e.